The summed E-state index contributed by atoms with van der Waals surface area (Å²) in [6.45, 7) is 5.31. The number of carbonyl (C=O) groups is 2. The molecule has 0 bridgehead atoms. The molecule has 2 aliphatic rings. The predicted molar refractivity (Wildman–Crippen MR) is 102 cm³/mol. The van der Waals surface area contributed by atoms with E-state index in [2.05, 4.69) is 17.0 Å². The molecule has 8 nitrogen and oxygen atoms in total. The first-order valence-electron chi connectivity index (χ1n) is 9.90. The van der Waals surface area contributed by atoms with Crippen LogP contribution in [-0.2, 0) is 16.6 Å². The Morgan fingerprint density at radius 3 is 2.33 bits per heavy atom. The van der Waals surface area contributed by atoms with Gasteiger partial charge in [-0.15, -0.1) is 0 Å². The minimum absolute atomic E-state index is 0.103. The van der Waals surface area contributed by atoms with E-state index in [9.17, 15) is 18.0 Å². The van der Waals surface area contributed by atoms with Gasteiger partial charge in [0.15, 0.2) is 0 Å². The molecular weight excluding hydrogens is 405 g/mol. The summed E-state index contributed by atoms with van der Waals surface area (Å²) in [6.07, 6.45) is 1.12. The van der Waals surface area contributed by atoms with Crippen LogP contribution in [0.25, 0.3) is 0 Å². The third-order valence-corrected chi connectivity index (χ3v) is 6.02. The number of alkyl halides is 3. The minimum atomic E-state index is -5.08. The van der Waals surface area contributed by atoms with Crippen molar-refractivity contribution in [1.29, 1.82) is 0 Å². The molecule has 1 amide bonds. The first-order valence-corrected chi connectivity index (χ1v) is 9.90. The molecular formula is C19H29F3N4O4. The number of carboxylic acids is 1. The van der Waals surface area contributed by atoms with Crippen LogP contribution in [0.4, 0.5) is 13.2 Å². The van der Waals surface area contributed by atoms with E-state index in [0.29, 0.717) is 11.7 Å². The number of hydrogen-bond donors (Lipinski definition) is 1. The van der Waals surface area contributed by atoms with E-state index in [1.54, 1.807) is 16.9 Å². The number of halogens is 3. The van der Waals surface area contributed by atoms with E-state index >= 15 is 0 Å². The van der Waals surface area contributed by atoms with Crippen molar-refractivity contribution in [3.63, 3.8) is 0 Å². The zero-order valence-corrected chi connectivity index (χ0v) is 17.5. The summed E-state index contributed by atoms with van der Waals surface area (Å²) in [5, 5.41) is 11.2. The summed E-state index contributed by atoms with van der Waals surface area (Å²) in [5.41, 5.74) is 0.931. The Balaban J connectivity index is 0.000000396. The molecule has 2 aliphatic heterocycles. The summed E-state index contributed by atoms with van der Waals surface area (Å²) in [6, 6.07) is 2.32. The number of carboxylic acid groups (broad SMARTS) is 1. The number of ether oxygens (including phenoxy) is 1. The molecule has 30 heavy (non-hydrogen) atoms. The van der Waals surface area contributed by atoms with Crippen LogP contribution >= 0.6 is 0 Å². The highest BCUT2D eigenvalue weighted by molar-refractivity contribution is 5.92. The van der Waals surface area contributed by atoms with E-state index in [1.165, 1.54) is 12.8 Å². The summed E-state index contributed by atoms with van der Waals surface area (Å²) in [7, 11) is 4.05. The molecule has 3 heterocycles. The Labute approximate surface area is 173 Å². The fourth-order valence-corrected chi connectivity index (χ4v) is 4.12. The third-order valence-electron chi connectivity index (χ3n) is 6.02. The second kappa shape index (κ2) is 9.78. The smallest absolute Gasteiger partial charge is 0.475 e. The molecule has 1 aromatic heterocycles. The van der Waals surface area contributed by atoms with Crippen LogP contribution < -0.4 is 0 Å². The number of nitrogens with zero attached hydrogens (tertiary/aromatic N) is 4. The maximum absolute atomic E-state index is 12.6. The number of aliphatic carboxylic acids is 1. The van der Waals surface area contributed by atoms with E-state index in [1.807, 2.05) is 18.9 Å². The highest BCUT2D eigenvalue weighted by atomic mass is 19.4. The monoisotopic (exact) mass is 434 g/mol. The normalized spacial score (nSPS) is 21.4. The molecule has 11 heteroatoms. The van der Waals surface area contributed by atoms with Gasteiger partial charge in [-0.3, -0.25) is 14.4 Å². The predicted octanol–water partition coefficient (Wildman–Crippen LogP) is 2.16. The quantitative estimate of drug-likeness (QED) is 0.782. The van der Waals surface area contributed by atoms with Gasteiger partial charge in [0.05, 0.1) is 6.61 Å². The lowest BCUT2D eigenvalue weighted by atomic mass is 9.85. The lowest BCUT2D eigenvalue weighted by Crippen LogP contribution is -2.54. The molecule has 170 valence electrons. The van der Waals surface area contributed by atoms with Crippen LogP contribution in [-0.4, -0.2) is 87.7 Å². The molecule has 0 aromatic carbocycles. The summed E-state index contributed by atoms with van der Waals surface area (Å²) < 4.78 is 39.0. The Hall–Kier alpha value is -2.14. The Bertz CT molecular complexity index is 730. The van der Waals surface area contributed by atoms with Crippen molar-refractivity contribution in [2.45, 2.75) is 50.4 Å². The minimum Gasteiger partial charge on any atom is -0.475 e. The fraction of sp³-hybridized carbons (Fsp3) is 0.737. The Morgan fingerprint density at radius 1 is 1.27 bits per heavy atom. The van der Waals surface area contributed by atoms with Crippen molar-refractivity contribution in [2.24, 2.45) is 7.05 Å². The number of piperidine rings is 1. The molecule has 1 unspecified atom stereocenters. The van der Waals surface area contributed by atoms with Crippen LogP contribution in [0.1, 0.15) is 43.1 Å². The second-order valence-electron chi connectivity index (χ2n) is 7.62. The van der Waals surface area contributed by atoms with Crippen molar-refractivity contribution < 1.29 is 32.6 Å². The Morgan fingerprint density at radius 2 is 1.87 bits per heavy atom. The number of likely N-dealkylation sites (tertiary alicyclic amines) is 2. The first kappa shape index (κ1) is 24.1. The van der Waals surface area contributed by atoms with Gasteiger partial charge in [-0.2, -0.15) is 18.3 Å². The van der Waals surface area contributed by atoms with Gasteiger partial charge in [0, 0.05) is 44.5 Å². The van der Waals surface area contributed by atoms with Gasteiger partial charge in [-0.1, -0.05) is 0 Å². The third kappa shape index (κ3) is 5.51. The van der Waals surface area contributed by atoms with Gasteiger partial charge in [0.25, 0.3) is 5.91 Å². The van der Waals surface area contributed by atoms with E-state index in [-0.39, 0.29) is 11.4 Å². The average molecular weight is 434 g/mol. The van der Waals surface area contributed by atoms with Gasteiger partial charge in [-0.25, -0.2) is 4.79 Å². The largest absolute Gasteiger partial charge is 0.490 e. The van der Waals surface area contributed by atoms with Crippen LogP contribution in [0.5, 0.6) is 0 Å². The molecule has 0 aliphatic carbocycles. The van der Waals surface area contributed by atoms with Crippen molar-refractivity contribution in [1.82, 2.24) is 19.6 Å². The molecule has 0 radical (unpaired) electrons. The zero-order valence-electron chi connectivity index (χ0n) is 17.5. The molecule has 3 rings (SSSR count). The van der Waals surface area contributed by atoms with Crippen LogP contribution in [0.15, 0.2) is 12.3 Å². The number of hydrogen-bond acceptors (Lipinski definition) is 5. The summed E-state index contributed by atoms with van der Waals surface area (Å²) >= 11 is 0. The number of carbonyl (C=O) groups excluding carboxylic acids is 1. The van der Waals surface area contributed by atoms with Crippen LogP contribution in [0.3, 0.4) is 0 Å². The number of aryl methyl sites for hydroxylation is 1. The molecule has 1 atom stereocenters. The maximum atomic E-state index is 12.6. The number of amides is 1. The standard InChI is InChI=1S/C17H28N4O2.C2HF3O2/c1-4-23-13-14-5-7-17(19(14)2)8-11-21(12-9-17)16(22)15-6-10-18-20(15)3;3-2(4,5)1(6)7/h6,10,14H,4-5,7-9,11-13H2,1-3H3;(H,6,7). The number of likely N-dealkylation sites (N-methyl/N-ethyl adjacent to an activating group) is 1. The molecule has 2 saturated heterocycles. The van der Waals surface area contributed by atoms with Crippen LogP contribution in [0, 0.1) is 0 Å². The first-order chi connectivity index (χ1) is 14.0. The van der Waals surface area contributed by atoms with Crippen molar-refractivity contribution in [3.05, 3.63) is 18.0 Å². The highest BCUT2D eigenvalue weighted by Crippen LogP contribution is 2.40. The number of aromatic nitrogens is 2. The molecule has 1 N–H and O–H groups in total. The SMILES string of the molecule is CCOCC1CCC2(CCN(C(=O)c3ccnn3C)CC2)N1C.O=C(O)C(F)(F)F. The average Bonchev–Trinajstić information content (AvgIpc) is 3.24. The van der Waals surface area contributed by atoms with Crippen LogP contribution in [0.2, 0.25) is 0 Å². The van der Waals surface area contributed by atoms with Crippen molar-refractivity contribution >= 4 is 11.9 Å². The van der Waals surface area contributed by atoms with E-state index < -0.39 is 12.1 Å². The topological polar surface area (TPSA) is 87.9 Å². The molecule has 1 aromatic rings. The van der Waals surface area contributed by atoms with Gasteiger partial charge in [-0.05, 0) is 45.7 Å². The lowest BCUT2D eigenvalue weighted by Gasteiger charge is -2.45. The van der Waals surface area contributed by atoms with Gasteiger partial charge < -0.3 is 14.7 Å². The molecule has 0 saturated carbocycles. The Kier molecular flexibility index (Phi) is 7.87. The maximum Gasteiger partial charge on any atom is 0.490 e. The fourth-order valence-electron chi connectivity index (χ4n) is 4.12. The van der Waals surface area contributed by atoms with Crippen molar-refractivity contribution in [3.8, 4) is 0 Å². The van der Waals surface area contributed by atoms with Gasteiger partial charge >= 0.3 is 12.1 Å². The van der Waals surface area contributed by atoms with E-state index in [0.717, 1.165) is 39.1 Å². The molecule has 2 fully saturated rings. The lowest BCUT2D eigenvalue weighted by molar-refractivity contribution is -0.192. The van der Waals surface area contributed by atoms with Gasteiger partial charge in [0.2, 0.25) is 0 Å². The summed E-state index contributed by atoms with van der Waals surface area (Å²) in [5.74, 6) is -2.65. The highest BCUT2D eigenvalue weighted by Gasteiger charge is 2.46. The zero-order chi connectivity index (χ0) is 22.5. The summed E-state index contributed by atoms with van der Waals surface area (Å²) in [4.78, 5) is 26.0. The van der Waals surface area contributed by atoms with Gasteiger partial charge in [0.1, 0.15) is 5.69 Å². The second-order valence-corrected chi connectivity index (χ2v) is 7.62. The number of rotatable bonds is 4. The van der Waals surface area contributed by atoms with E-state index in [4.69, 9.17) is 14.6 Å². The molecule has 1 spiro atoms. The van der Waals surface area contributed by atoms with Crippen molar-refractivity contribution in [2.75, 3.05) is 33.4 Å².